The topological polar surface area (TPSA) is 50.7 Å². The molecule has 0 fully saturated rings. The average Bonchev–Trinajstić information content (AvgIpc) is 2.48. The van der Waals surface area contributed by atoms with Gasteiger partial charge < -0.3 is 19.9 Å². The monoisotopic (exact) mass is 287 g/mol. The Morgan fingerprint density at radius 2 is 1.71 bits per heavy atom. The zero-order valence-corrected chi connectivity index (χ0v) is 12.4. The van der Waals surface area contributed by atoms with Crippen molar-refractivity contribution in [3.8, 4) is 17.2 Å². The predicted molar refractivity (Wildman–Crippen MR) is 84.2 cm³/mol. The lowest BCUT2D eigenvalue weighted by Crippen LogP contribution is -2.02. The van der Waals surface area contributed by atoms with Crippen LogP contribution in [0.1, 0.15) is 19.4 Å². The Bertz CT molecular complexity index is 584. The van der Waals surface area contributed by atoms with Crippen LogP contribution in [0.5, 0.6) is 17.2 Å². The molecule has 0 unspecified atom stereocenters. The minimum atomic E-state index is 0.274. The number of rotatable bonds is 7. The Labute approximate surface area is 125 Å². The van der Waals surface area contributed by atoms with Crippen molar-refractivity contribution < 1.29 is 14.6 Å². The van der Waals surface area contributed by atoms with Crippen molar-refractivity contribution in [3.63, 3.8) is 0 Å². The van der Waals surface area contributed by atoms with E-state index in [4.69, 9.17) is 9.47 Å². The first-order valence-electron chi connectivity index (χ1n) is 7.14. The Kier molecular flexibility index (Phi) is 5.32. The number of hydrogen-bond donors (Lipinski definition) is 2. The van der Waals surface area contributed by atoms with Gasteiger partial charge in [0.05, 0.1) is 13.2 Å². The van der Waals surface area contributed by atoms with Crippen LogP contribution < -0.4 is 14.8 Å². The molecule has 112 valence electrons. The number of aromatic hydroxyl groups is 1. The molecule has 2 aromatic rings. The van der Waals surface area contributed by atoms with Gasteiger partial charge >= 0.3 is 0 Å². The Balaban J connectivity index is 2.07. The van der Waals surface area contributed by atoms with Crippen LogP contribution in [0.25, 0.3) is 0 Å². The SMILES string of the molecule is CCOc1ccc(NCc2cccc(O)c2)cc1OCC. The maximum Gasteiger partial charge on any atom is 0.163 e. The largest absolute Gasteiger partial charge is 0.508 e. The maximum absolute atomic E-state index is 9.46. The third kappa shape index (κ3) is 4.31. The van der Waals surface area contributed by atoms with Gasteiger partial charge in [-0.15, -0.1) is 0 Å². The summed E-state index contributed by atoms with van der Waals surface area (Å²) in [4.78, 5) is 0. The summed E-state index contributed by atoms with van der Waals surface area (Å²) in [7, 11) is 0. The molecule has 0 aliphatic carbocycles. The fourth-order valence-electron chi connectivity index (χ4n) is 2.03. The van der Waals surface area contributed by atoms with Gasteiger partial charge in [-0.3, -0.25) is 0 Å². The molecule has 0 spiro atoms. The van der Waals surface area contributed by atoms with Crippen molar-refractivity contribution in [2.24, 2.45) is 0 Å². The fourth-order valence-corrected chi connectivity index (χ4v) is 2.03. The van der Waals surface area contributed by atoms with Crippen LogP contribution in [0.4, 0.5) is 5.69 Å². The molecule has 4 heteroatoms. The third-order valence-corrected chi connectivity index (χ3v) is 2.95. The van der Waals surface area contributed by atoms with E-state index in [9.17, 15) is 5.11 Å². The number of nitrogens with one attached hydrogen (secondary N) is 1. The molecule has 0 aromatic heterocycles. The molecule has 4 nitrogen and oxygen atoms in total. The normalized spacial score (nSPS) is 10.2. The molecule has 2 N–H and O–H groups in total. The van der Waals surface area contributed by atoms with E-state index in [0.29, 0.717) is 19.8 Å². The second-order valence-electron chi connectivity index (χ2n) is 4.55. The molecule has 0 aliphatic heterocycles. The summed E-state index contributed by atoms with van der Waals surface area (Å²) in [6, 6.07) is 13.0. The smallest absolute Gasteiger partial charge is 0.163 e. The third-order valence-electron chi connectivity index (χ3n) is 2.95. The summed E-state index contributed by atoms with van der Waals surface area (Å²) in [6.07, 6.45) is 0. The number of anilines is 1. The first-order chi connectivity index (χ1) is 10.2. The van der Waals surface area contributed by atoms with Gasteiger partial charge in [-0.25, -0.2) is 0 Å². The van der Waals surface area contributed by atoms with Gasteiger partial charge in [-0.05, 0) is 43.7 Å². The molecule has 0 amide bonds. The van der Waals surface area contributed by atoms with Crippen molar-refractivity contribution in [1.29, 1.82) is 0 Å². The molecule has 2 aromatic carbocycles. The predicted octanol–water partition coefficient (Wildman–Crippen LogP) is 3.80. The van der Waals surface area contributed by atoms with E-state index in [2.05, 4.69) is 5.32 Å². The number of phenolic OH excluding ortho intramolecular Hbond substituents is 1. The van der Waals surface area contributed by atoms with E-state index in [1.54, 1.807) is 12.1 Å². The van der Waals surface area contributed by atoms with Crippen molar-refractivity contribution in [2.75, 3.05) is 18.5 Å². The minimum Gasteiger partial charge on any atom is -0.508 e. The van der Waals surface area contributed by atoms with Crippen LogP contribution >= 0.6 is 0 Å². The molecule has 0 aliphatic rings. The van der Waals surface area contributed by atoms with Crippen LogP contribution in [-0.4, -0.2) is 18.3 Å². The van der Waals surface area contributed by atoms with Crippen molar-refractivity contribution >= 4 is 5.69 Å². The zero-order valence-electron chi connectivity index (χ0n) is 12.4. The van der Waals surface area contributed by atoms with Crippen molar-refractivity contribution in [3.05, 3.63) is 48.0 Å². The number of benzene rings is 2. The molecular weight excluding hydrogens is 266 g/mol. The molecular formula is C17H21NO3. The van der Waals surface area contributed by atoms with Crippen LogP contribution in [0.2, 0.25) is 0 Å². The highest BCUT2D eigenvalue weighted by Gasteiger charge is 2.06. The number of ether oxygens (including phenoxy) is 2. The highest BCUT2D eigenvalue weighted by atomic mass is 16.5. The van der Waals surface area contributed by atoms with Crippen LogP contribution in [0.15, 0.2) is 42.5 Å². The highest BCUT2D eigenvalue weighted by Crippen LogP contribution is 2.30. The van der Waals surface area contributed by atoms with E-state index >= 15 is 0 Å². The van der Waals surface area contributed by atoms with E-state index in [-0.39, 0.29) is 5.75 Å². The van der Waals surface area contributed by atoms with E-state index < -0.39 is 0 Å². The number of hydrogen-bond acceptors (Lipinski definition) is 4. The van der Waals surface area contributed by atoms with Crippen molar-refractivity contribution in [2.45, 2.75) is 20.4 Å². The van der Waals surface area contributed by atoms with Gasteiger partial charge in [0.15, 0.2) is 11.5 Å². The maximum atomic E-state index is 9.46. The zero-order chi connectivity index (χ0) is 15.1. The molecule has 0 bridgehead atoms. The Morgan fingerprint density at radius 3 is 2.43 bits per heavy atom. The fraction of sp³-hybridized carbons (Fsp3) is 0.294. The Hall–Kier alpha value is -2.36. The molecule has 0 atom stereocenters. The van der Waals surface area contributed by atoms with Gasteiger partial charge in [0.1, 0.15) is 5.75 Å². The summed E-state index contributed by atoms with van der Waals surface area (Å²) in [5.74, 6) is 1.76. The summed E-state index contributed by atoms with van der Waals surface area (Å²) >= 11 is 0. The van der Waals surface area contributed by atoms with Crippen molar-refractivity contribution in [1.82, 2.24) is 0 Å². The first kappa shape index (κ1) is 15.0. The summed E-state index contributed by atoms with van der Waals surface area (Å²) in [5.41, 5.74) is 1.96. The standard InChI is InChI=1S/C17H21NO3/c1-3-20-16-9-8-14(11-17(16)21-4-2)18-12-13-6-5-7-15(19)10-13/h5-11,18-19H,3-4,12H2,1-2H3. The van der Waals surface area contributed by atoms with Gasteiger partial charge in [-0.1, -0.05) is 12.1 Å². The minimum absolute atomic E-state index is 0.274. The van der Waals surface area contributed by atoms with E-state index in [0.717, 1.165) is 22.7 Å². The lowest BCUT2D eigenvalue weighted by atomic mass is 10.2. The number of phenols is 1. The summed E-state index contributed by atoms with van der Waals surface area (Å²) in [6.45, 7) is 5.73. The van der Waals surface area contributed by atoms with Crippen LogP contribution in [-0.2, 0) is 6.54 Å². The Morgan fingerprint density at radius 1 is 0.952 bits per heavy atom. The van der Waals surface area contributed by atoms with Gasteiger partial charge in [-0.2, -0.15) is 0 Å². The molecule has 0 saturated carbocycles. The van der Waals surface area contributed by atoms with Crippen LogP contribution in [0.3, 0.4) is 0 Å². The molecule has 21 heavy (non-hydrogen) atoms. The van der Waals surface area contributed by atoms with E-state index in [1.807, 2.05) is 44.2 Å². The van der Waals surface area contributed by atoms with E-state index in [1.165, 1.54) is 0 Å². The molecule has 0 saturated heterocycles. The molecule has 0 heterocycles. The second-order valence-corrected chi connectivity index (χ2v) is 4.55. The van der Waals surface area contributed by atoms with Gasteiger partial charge in [0.25, 0.3) is 0 Å². The van der Waals surface area contributed by atoms with Gasteiger partial charge in [0, 0.05) is 18.3 Å². The highest BCUT2D eigenvalue weighted by molar-refractivity contribution is 5.55. The average molecular weight is 287 g/mol. The second kappa shape index (κ2) is 7.43. The van der Waals surface area contributed by atoms with Crippen LogP contribution in [0, 0.1) is 0 Å². The summed E-state index contributed by atoms with van der Waals surface area (Å²) < 4.78 is 11.1. The quantitative estimate of drug-likeness (QED) is 0.813. The lowest BCUT2D eigenvalue weighted by Gasteiger charge is -2.13. The lowest BCUT2D eigenvalue weighted by molar-refractivity contribution is 0.288. The molecule has 0 radical (unpaired) electrons. The first-order valence-corrected chi connectivity index (χ1v) is 7.14. The van der Waals surface area contributed by atoms with Gasteiger partial charge in [0.2, 0.25) is 0 Å². The molecule has 2 rings (SSSR count). The summed E-state index contributed by atoms with van der Waals surface area (Å²) in [5, 5.41) is 12.8.